The summed E-state index contributed by atoms with van der Waals surface area (Å²) in [7, 11) is -1.88. The monoisotopic (exact) mass is 236 g/mol. The minimum atomic E-state index is -3.30. The van der Waals surface area contributed by atoms with Gasteiger partial charge in [0.15, 0.2) is 5.79 Å². The molecule has 0 radical (unpaired) electrons. The summed E-state index contributed by atoms with van der Waals surface area (Å²) in [5, 5.41) is 0. The Morgan fingerprint density at radius 3 is 2.20 bits per heavy atom. The zero-order valence-corrected chi connectivity index (χ0v) is 9.55. The number of rotatable bonds is 2. The first-order valence-corrected chi connectivity index (χ1v) is 6.49. The lowest BCUT2D eigenvalue weighted by molar-refractivity contribution is -0.179. The summed E-state index contributed by atoms with van der Waals surface area (Å²) in [6.45, 7) is 2.11. The van der Waals surface area contributed by atoms with Gasteiger partial charge in [0.25, 0.3) is 10.2 Å². The second-order valence-electron chi connectivity index (χ2n) is 3.72. The van der Waals surface area contributed by atoms with Crippen LogP contribution in [0.25, 0.3) is 0 Å². The van der Waals surface area contributed by atoms with E-state index in [9.17, 15) is 8.42 Å². The second-order valence-corrected chi connectivity index (χ2v) is 5.59. The molecule has 2 fully saturated rings. The van der Waals surface area contributed by atoms with E-state index in [2.05, 4.69) is 4.72 Å². The van der Waals surface area contributed by atoms with Gasteiger partial charge in [-0.05, 0) is 0 Å². The van der Waals surface area contributed by atoms with Gasteiger partial charge in [0, 0.05) is 33.0 Å². The van der Waals surface area contributed by atoms with Gasteiger partial charge >= 0.3 is 0 Å². The van der Waals surface area contributed by atoms with Gasteiger partial charge < -0.3 is 9.47 Å². The highest BCUT2D eigenvalue weighted by atomic mass is 32.2. The number of hydrogen-bond acceptors (Lipinski definition) is 4. The van der Waals surface area contributed by atoms with Gasteiger partial charge in [-0.1, -0.05) is 0 Å². The maximum atomic E-state index is 11.5. The molecule has 1 spiro atoms. The van der Waals surface area contributed by atoms with E-state index in [0.717, 1.165) is 0 Å². The molecule has 88 valence electrons. The fraction of sp³-hybridized carbons (Fsp3) is 1.00. The van der Waals surface area contributed by atoms with Crippen molar-refractivity contribution >= 4 is 10.2 Å². The summed E-state index contributed by atoms with van der Waals surface area (Å²) in [4.78, 5) is 0. The molecule has 0 amide bonds. The Morgan fingerprint density at radius 1 is 1.20 bits per heavy atom. The predicted octanol–water partition coefficient (Wildman–Crippen LogP) is -0.710. The van der Waals surface area contributed by atoms with Crippen molar-refractivity contribution in [3.05, 3.63) is 0 Å². The molecule has 0 aromatic carbocycles. The van der Waals surface area contributed by atoms with Crippen LogP contribution in [0.3, 0.4) is 0 Å². The molecule has 2 heterocycles. The van der Waals surface area contributed by atoms with E-state index in [1.807, 2.05) is 0 Å². The van der Waals surface area contributed by atoms with Crippen LogP contribution in [-0.4, -0.2) is 51.9 Å². The first-order valence-electron chi connectivity index (χ1n) is 5.05. The van der Waals surface area contributed by atoms with Gasteiger partial charge in [-0.2, -0.15) is 12.7 Å². The molecule has 7 heteroatoms. The van der Waals surface area contributed by atoms with Crippen LogP contribution < -0.4 is 4.72 Å². The van der Waals surface area contributed by atoms with Crippen LogP contribution in [0.2, 0.25) is 0 Å². The summed E-state index contributed by atoms with van der Waals surface area (Å²) in [5.74, 6) is -0.514. The third-order valence-corrected chi connectivity index (χ3v) is 4.46. The molecule has 2 aliphatic heterocycles. The molecular weight excluding hydrogens is 220 g/mol. The zero-order valence-electron chi connectivity index (χ0n) is 8.73. The van der Waals surface area contributed by atoms with E-state index in [1.165, 1.54) is 11.4 Å². The largest absolute Gasteiger partial charge is 0.347 e. The lowest BCUT2D eigenvalue weighted by Crippen LogP contribution is -2.49. The van der Waals surface area contributed by atoms with Crippen LogP contribution in [0, 0.1) is 0 Å². The first kappa shape index (κ1) is 11.3. The topological polar surface area (TPSA) is 67.9 Å². The molecule has 0 aliphatic carbocycles. The van der Waals surface area contributed by atoms with E-state index in [0.29, 0.717) is 39.1 Å². The second kappa shape index (κ2) is 3.99. The number of hydrogen-bond donors (Lipinski definition) is 1. The van der Waals surface area contributed by atoms with Gasteiger partial charge in [-0.3, -0.25) is 0 Å². The number of piperidine rings is 1. The smallest absolute Gasteiger partial charge is 0.279 e. The average molecular weight is 236 g/mol. The number of nitrogens with zero attached hydrogens (tertiary/aromatic N) is 1. The highest BCUT2D eigenvalue weighted by Crippen LogP contribution is 2.31. The Hall–Kier alpha value is -0.210. The van der Waals surface area contributed by atoms with Crippen molar-refractivity contribution < 1.29 is 17.9 Å². The lowest BCUT2D eigenvalue weighted by atomic mass is 10.1. The molecule has 15 heavy (non-hydrogen) atoms. The van der Waals surface area contributed by atoms with Gasteiger partial charge in [-0.25, -0.2) is 4.72 Å². The predicted molar refractivity (Wildman–Crippen MR) is 53.4 cm³/mol. The summed E-state index contributed by atoms with van der Waals surface area (Å²) in [6.07, 6.45) is 1.21. The Bertz CT molecular complexity index is 314. The van der Waals surface area contributed by atoms with Gasteiger partial charge in [-0.15, -0.1) is 0 Å². The van der Waals surface area contributed by atoms with Crippen molar-refractivity contribution in [1.29, 1.82) is 0 Å². The van der Waals surface area contributed by atoms with Crippen molar-refractivity contribution in [3.8, 4) is 0 Å². The van der Waals surface area contributed by atoms with Gasteiger partial charge in [0.05, 0.1) is 13.2 Å². The van der Waals surface area contributed by atoms with Crippen LogP contribution in [0.4, 0.5) is 0 Å². The maximum absolute atomic E-state index is 11.5. The van der Waals surface area contributed by atoms with E-state index in [-0.39, 0.29) is 0 Å². The summed E-state index contributed by atoms with van der Waals surface area (Å²) in [6, 6.07) is 0. The summed E-state index contributed by atoms with van der Waals surface area (Å²) >= 11 is 0. The molecule has 6 nitrogen and oxygen atoms in total. The summed E-state index contributed by atoms with van der Waals surface area (Å²) < 4.78 is 37.7. The molecule has 0 aromatic heterocycles. The van der Waals surface area contributed by atoms with Crippen molar-refractivity contribution in [1.82, 2.24) is 9.03 Å². The SMILES string of the molecule is CNS(=O)(=O)N1CCC2(CC1)OCCO2. The van der Waals surface area contributed by atoms with Crippen LogP contribution in [0.15, 0.2) is 0 Å². The lowest BCUT2D eigenvalue weighted by Gasteiger charge is -2.36. The molecule has 2 rings (SSSR count). The Morgan fingerprint density at radius 2 is 1.73 bits per heavy atom. The van der Waals surface area contributed by atoms with Gasteiger partial charge in [0.2, 0.25) is 0 Å². The highest BCUT2D eigenvalue weighted by molar-refractivity contribution is 7.87. The minimum Gasteiger partial charge on any atom is -0.347 e. The molecule has 2 saturated heterocycles. The number of nitrogens with one attached hydrogen (secondary N) is 1. The first-order chi connectivity index (χ1) is 7.08. The zero-order chi connectivity index (χ0) is 10.9. The fourth-order valence-corrected chi connectivity index (χ4v) is 2.90. The number of ether oxygens (including phenoxy) is 2. The van der Waals surface area contributed by atoms with Crippen LogP contribution in [0.1, 0.15) is 12.8 Å². The molecule has 0 aromatic rings. The van der Waals surface area contributed by atoms with E-state index < -0.39 is 16.0 Å². The summed E-state index contributed by atoms with van der Waals surface area (Å²) in [5.41, 5.74) is 0. The molecule has 0 saturated carbocycles. The maximum Gasteiger partial charge on any atom is 0.279 e. The Kier molecular flexibility index (Phi) is 3.00. The molecule has 2 aliphatic rings. The fourth-order valence-electron chi connectivity index (χ4n) is 1.98. The van der Waals surface area contributed by atoms with Gasteiger partial charge in [0.1, 0.15) is 0 Å². The van der Waals surface area contributed by atoms with Crippen molar-refractivity contribution in [2.45, 2.75) is 18.6 Å². The quantitative estimate of drug-likeness (QED) is 0.687. The molecule has 0 atom stereocenters. The van der Waals surface area contributed by atoms with Crippen molar-refractivity contribution in [2.75, 3.05) is 33.4 Å². The van der Waals surface area contributed by atoms with E-state index in [1.54, 1.807) is 0 Å². The third-order valence-electron chi connectivity index (χ3n) is 2.90. The highest BCUT2D eigenvalue weighted by Gasteiger charge is 2.42. The van der Waals surface area contributed by atoms with Crippen molar-refractivity contribution in [2.24, 2.45) is 0 Å². The molecule has 0 unspecified atom stereocenters. The third kappa shape index (κ3) is 2.16. The molecule has 1 N–H and O–H groups in total. The Balaban J connectivity index is 1.97. The normalized spacial score (nSPS) is 27.3. The van der Waals surface area contributed by atoms with Crippen LogP contribution >= 0.6 is 0 Å². The van der Waals surface area contributed by atoms with Crippen molar-refractivity contribution in [3.63, 3.8) is 0 Å². The Labute approximate surface area is 89.7 Å². The van der Waals surface area contributed by atoms with Crippen LogP contribution in [0.5, 0.6) is 0 Å². The average Bonchev–Trinajstić information content (AvgIpc) is 2.67. The standard InChI is InChI=1S/C8H16N2O4S/c1-9-15(11,12)10-4-2-8(3-5-10)13-6-7-14-8/h9H,2-7H2,1H3. The molecular formula is C8H16N2O4S. The molecule has 0 bridgehead atoms. The van der Waals surface area contributed by atoms with Crippen LogP contribution in [-0.2, 0) is 19.7 Å². The van der Waals surface area contributed by atoms with E-state index in [4.69, 9.17) is 9.47 Å². The minimum absolute atomic E-state index is 0.448. The van der Waals surface area contributed by atoms with E-state index >= 15 is 0 Å².